The molecule has 0 saturated carbocycles. The van der Waals surface area contributed by atoms with Crippen LogP contribution in [0.3, 0.4) is 0 Å². The van der Waals surface area contributed by atoms with E-state index in [1.54, 1.807) is 0 Å². The molecule has 0 amide bonds. The molecule has 0 N–H and O–H groups in total. The third-order valence-corrected chi connectivity index (χ3v) is 1.20. The number of rotatable bonds is 2. The molecular formula is C10H13Y. The monoisotopic (exact) mass is 222 g/mol. The average Bonchev–Trinajstić information content (AvgIpc) is 1.91. The van der Waals surface area contributed by atoms with E-state index in [0.29, 0.717) is 0 Å². The first-order valence-electron chi connectivity index (χ1n) is 3.17. The van der Waals surface area contributed by atoms with Crippen molar-refractivity contribution < 1.29 is 32.7 Å². The molecule has 1 heteroatoms. The molecular weight excluding hydrogens is 209 g/mol. The molecule has 0 fully saturated rings. The predicted octanol–water partition coefficient (Wildman–Crippen LogP) is 2.70. The van der Waals surface area contributed by atoms with Gasteiger partial charge in [-0.2, -0.15) is 49.2 Å². The Balaban J connectivity index is 0. The fourth-order valence-electron chi connectivity index (χ4n) is 0.777. The first kappa shape index (κ1) is 13.9. The number of benzene rings is 1. The van der Waals surface area contributed by atoms with E-state index in [0.717, 1.165) is 6.42 Å². The molecule has 1 aromatic carbocycles. The zero-order chi connectivity index (χ0) is 6.53. The minimum Gasteiger partial charge on any atom is -0.358 e. The van der Waals surface area contributed by atoms with Crippen LogP contribution in [0.1, 0.15) is 12.5 Å². The van der Waals surface area contributed by atoms with Crippen molar-refractivity contribution in [1.82, 2.24) is 0 Å². The molecule has 0 aromatic heterocycles. The molecule has 11 heavy (non-hydrogen) atoms. The van der Waals surface area contributed by atoms with Crippen LogP contribution in [0.2, 0.25) is 0 Å². The molecule has 0 aliphatic carbocycles. The second kappa shape index (κ2) is 8.42. The summed E-state index contributed by atoms with van der Waals surface area (Å²) >= 11 is 0. The van der Waals surface area contributed by atoms with Gasteiger partial charge in [0.25, 0.3) is 0 Å². The van der Waals surface area contributed by atoms with Gasteiger partial charge in [-0.3, -0.25) is 0 Å². The van der Waals surface area contributed by atoms with E-state index in [1.165, 1.54) is 5.56 Å². The van der Waals surface area contributed by atoms with Crippen molar-refractivity contribution in [3.63, 3.8) is 0 Å². The Bertz CT molecular complexity index is 158. The van der Waals surface area contributed by atoms with Crippen LogP contribution in [0.25, 0.3) is 0 Å². The zero-order valence-electron chi connectivity index (χ0n) is 7.17. The van der Waals surface area contributed by atoms with E-state index in [1.807, 2.05) is 18.2 Å². The van der Waals surface area contributed by atoms with Crippen molar-refractivity contribution in [3.05, 3.63) is 49.7 Å². The van der Waals surface area contributed by atoms with Gasteiger partial charge in [0.2, 0.25) is 0 Å². The third-order valence-electron chi connectivity index (χ3n) is 1.20. The molecule has 0 aliphatic heterocycles. The van der Waals surface area contributed by atoms with Crippen molar-refractivity contribution in [1.29, 1.82) is 0 Å². The van der Waals surface area contributed by atoms with Gasteiger partial charge in [-0.1, -0.05) is 0 Å². The van der Waals surface area contributed by atoms with E-state index >= 15 is 0 Å². The maximum atomic E-state index is 3.14. The largest absolute Gasteiger partial charge is 3.00 e. The van der Waals surface area contributed by atoms with Gasteiger partial charge in [0.1, 0.15) is 0 Å². The van der Waals surface area contributed by atoms with Crippen LogP contribution in [0.5, 0.6) is 0 Å². The number of hydrogen-bond donors (Lipinski definition) is 0. The Morgan fingerprint density at radius 2 is 2.18 bits per heavy atom. The van der Waals surface area contributed by atoms with Gasteiger partial charge in [-0.05, 0) is 0 Å². The minimum absolute atomic E-state index is 0. The molecule has 0 saturated heterocycles. The maximum absolute atomic E-state index is 3.14. The molecule has 56 valence electrons. The number of hydrogen-bond acceptors (Lipinski definition) is 0. The quantitative estimate of drug-likeness (QED) is 0.675. The molecule has 0 atom stereocenters. The van der Waals surface area contributed by atoms with Crippen LogP contribution >= 0.6 is 0 Å². The molecule has 1 aromatic rings. The summed E-state index contributed by atoms with van der Waals surface area (Å²) in [5, 5.41) is 0. The average molecular weight is 222 g/mol. The van der Waals surface area contributed by atoms with Crippen molar-refractivity contribution >= 4 is 0 Å². The van der Waals surface area contributed by atoms with E-state index in [2.05, 4.69) is 25.5 Å². The van der Waals surface area contributed by atoms with Crippen molar-refractivity contribution in [2.24, 2.45) is 0 Å². The summed E-state index contributed by atoms with van der Waals surface area (Å²) in [6, 6.07) is 11.2. The van der Waals surface area contributed by atoms with Gasteiger partial charge in [-0.15, -0.1) is 0 Å². The molecule has 0 bridgehead atoms. The van der Waals surface area contributed by atoms with E-state index < -0.39 is 0 Å². The Morgan fingerprint density at radius 1 is 1.45 bits per heavy atom. The van der Waals surface area contributed by atoms with Crippen LogP contribution in [0.15, 0.2) is 24.3 Å². The second-order valence-corrected chi connectivity index (χ2v) is 2.00. The van der Waals surface area contributed by atoms with Gasteiger partial charge < -0.3 is 13.8 Å². The van der Waals surface area contributed by atoms with Crippen LogP contribution in [-0.4, -0.2) is 0 Å². The molecule has 0 heterocycles. The summed E-state index contributed by atoms with van der Waals surface area (Å²) in [5.74, 6) is 0. The topological polar surface area (TPSA) is 0 Å². The molecule has 1 rings (SSSR count). The maximum Gasteiger partial charge on any atom is 3.00 e. The Labute approximate surface area is 95.3 Å². The van der Waals surface area contributed by atoms with Gasteiger partial charge in [0.05, 0.1) is 0 Å². The smallest absolute Gasteiger partial charge is 0.358 e. The van der Waals surface area contributed by atoms with Crippen LogP contribution in [0, 0.1) is 19.9 Å². The SMILES string of the molecule is C[CH-]Cc1[c-]cccc1.[CH3-].[Y+3]. The van der Waals surface area contributed by atoms with E-state index in [-0.39, 0.29) is 40.1 Å². The normalized spacial score (nSPS) is 7.73. The van der Waals surface area contributed by atoms with Gasteiger partial charge in [0.15, 0.2) is 0 Å². The summed E-state index contributed by atoms with van der Waals surface area (Å²) in [7, 11) is 0. The Kier molecular flexibility index (Phi) is 10.6. The predicted molar refractivity (Wildman–Crippen MR) is 45.4 cm³/mol. The Hall–Kier alpha value is 0.324. The van der Waals surface area contributed by atoms with Crippen molar-refractivity contribution in [3.8, 4) is 0 Å². The van der Waals surface area contributed by atoms with Gasteiger partial charge >= 0.3 is 32.7 Å². The van der Waals surface area contributed by atoms with Gasteiger partial charge in [-0.25, -0.2) is 0 Å². The molecule has 0 nitrogen and oxygen atoms in total. The summed E-state index contributed by atoms with van der Waals surface area (Å²) < 4.78 is 0. The minimum atomic E-state index is 0. The fourth-order valence-corrected chi connectivity index (χ4v) is 0.777. The standard InChI is InChI=1S/C9H10.CH3.Y/c1-2-6-9-7-4-3-5-8-9;;/h2-5,7H,6H2,1H3;1H3;/q-2;-1;+3. The second-order valence-electron chi connectivity index (χ2n) is 2.00. The zero-order valence-corrected chi connectivity index (χ0v) is 10.0. The third kappa shape index (κ3) is 5.58. The fraction of sp³-hybridized carbons (Fsp3) is 0.200. The Morgan fingerprint density at radius 3 is 2.64 bits per heavy atom. The summed E-state index contributed by atoms with van der Waals surface area (Å²) in [4.78, 5) is 0. The van der Waals surface area contributed by atoms with E-state index in [4.69, 9.17) is 0 Å². The van der Waals surface area contributed by atoms with Crippen LogP contribution < -0.4 is 0 Å². The molecule has 0 radical (unpaired) electrons. The van der Waals surface area contributed by atoms with Gasteiger partial charge in [0, 0.05) is 0 Å². The first-order valence-corrected chi connectivity index (χ1v) is 3.17. The summed E-state index contributed by atoms with van der Waals surface area (Å²) in [6.45, 7) is 2.06. The molecule has 0 unspecified atom stereocenters. The van der Waals surface area contributed by atoms with Crippen molar-refractivity contribution in [2.45, 2.75) is 13.3 Å². The molecule has 0 aliphatic rings. The summed E-state index contributed by atoms with van der Waals surface area (Å²) in [6.07, 6.45) is 3.16. The van der Waals surface area contributed by atoms with E-state index in [9.17, 15) is 0 Å². The summed E-state index contributed by atoms with van der Waals surface area (Å²) in [5.41, 5.74) is 1.26. The first-order chi connectivity index (χ1) is 4.43. The van der Waals surface area contributed by atoms with Crippen LogP contribution in [0.4, 0.5) is 0 Å². The van der Waals surface area contributed by atoms with Crippen molar-refractivity contribution in [2.75, 3.05) is 0 Å². The molecule has 0 spiro atoms. The van der Waals surface area contributed by atoms with Crippen LogP contribution in [-0.2, 0) is 39.1 Å².